The molecule has 0 bridgehead atoms. The maximum Gasteiger partial charge on any atom is 0.251 e. The Labute approximate surface area is 113 Å². The SMILES string of the molecule is CCNC(=O)c1ccc(NC(=O)C(CC)CN)cc1. The van der Waals surface area contributed by atoms with Crippen molar-refractivity contribution in [3.05, 3.63) is 29.8 Å². The second-order valence-corrected chi connectivity index (χ2v) is 4.27. The molecule has 0 aliphatic carbocycles. The maximum atomic E-state index is 11.8. The Bertz CT molecular complexity index is 425. The van der Waals surface area contributed by atoms with Crippen LogP contribution in [0.4, 0.5) is 5.69 Å². The summed E-state index contributed by atoms with van der Waals surface area (Å²) < 4.78 is 0. The van der Waals surface area contributed by atoms with Gasteiger partial charge < -0.3 is 16.4 Å². The van der Waals surface area contributed by atoms with Gasteiger partial charge in [0.15, 0.2) is 0 Å². The van der Waals surface area contributed by atoms with E-state index in [1.807, 2.05) is 13.8 Å². The molecule has 0 aliphatic heterocycles. The zero-order chi connectivity index (χ0) is 14.3. The molecule has 0 saturated carbocycles. The van der Waals surface area contributed by atoms with Gasteiger partial charge in [0.05, 0.1) is 5.92 Å². The minimum Gasteiger partial charge on any atom is -0.352 e. The first-order valence-electron chi connectivity index (χ1n) is 6.51. The van der Waals surface area contributed by atoms with Crippen LogP contribution in [0, 0.1) is 5.92 Å². The van der Waals surface area contributed by atoms with Crippen LogP contribution < -0.4 is 16.4 Å². The summed E-state index contributed by atoms with van der Waals surface area (Å²) in [4.78, 5) is 23.4. The van der Waals surface area contributed by atoms with E-state index in [1.165, 1.54) is 0 Å². The normalized spacial score (nSPS) is 11.7. The van der Waals surface area contributed by atoms with Crippen molar-refractivity contribution in [3.8, 4) is 0 Å². The third-order valence-corrected chi connectivity index (χ3v) is 2.90. The molecule has 1 atom stereocenters. The molecule has 1 aromatic rings. The van der Waals surface area contributed by atoms with Crippen molar-refractivity contribution < 1.29 is 9.59 Å². The highest BCUT2D eigenvalue weighted by Gasteiger charge is 2.14. The van der Waals surface area contributed by atoms with Crippen molar-refractivity contribution in [2.24, 2.45) is 11.7 Å². The van der Waals surface area contributed by atoms with Gasteiger partial charge in [0.25, 0.3) is 5.91 Å². The van der Waals surface area contributed by atoms with Crippen LogP contribution in [0.1, 0.15) is 30.6 Å². The molecule has 19 heavy (non-hydrogen) atoms. The first kappa shape index (κ1) is 15.2. The molecule has 1 rings (SSSR count). The number of nitrogens with two attached hydrogens (primary N) is 1. The standard InChI is InChI=1S/C14H21N3O2/c1-3-10(9-15)14(19)17-12-7-5-11(6-8-12)13(18)16-4-2/h5-8,10H,3-4,9,15H2,1-2H3,(H,16,18)(H,17,19). The molecule has 0 saturated heterocycles. The average Bonchev–Trinajstić information content (AvgIpc) is 2.41. The number of carbonyl (C=O) groups is 2. The zero-order valence-corrected chi connectivity index (χ0v) is 11.4. The van der Waals surface area contributed by atoms with Crippen LogP contribution in [0.3, 0.4) is 0 Å². The highest BCUT2D eigenvalue weighted by atomic mass is 16.2. The lowest BCUT2D eigenvalue weighted by atomic mass is 10.1. The molecule has 4 N–H and O–H groups in total. The van der Waals surface area contributed by atoms with Gasteiger partial charge in [-0.3, -0.25) is 9.59 Å². The monoisotopic (exact) mass is 263 g/mol. The van der Waals surface area contributed by atoms with Crippen LogP contribution in [0.5, 0.6) is 0 Å². The molecule has 0 radical (unpaired) electrons. The Morgan fingerprint density at radius 3 is 2.32 bits per heavy atom. The summed E-state index contributed by atoms with van der Waals surface area (Å²) in [7, 11) is 0. The summed E-state index contributed by atoms with van der Waals surface area (Å²) in [5.41, 5.74) is 6.77. The number of carbonyl (C=O) groups excluding carboxylic acids is 2. The third-order valence-electron chi connectivity index (χ3n) is 2.90. The predicted molar refractivity (Wildman–Crippen MR) is 75.9 cm³/mol. The number of benzene rings is 1. The number of rotatable bonds is 6. The van der Waals surface area contributed by atoms with E-state index in [9.17, 15) is 9.59 Å². The highest BCUT2D eigenvalue weighted by Crippen LogP contribution is 2.12. The van der Waals surface area contributed by atoms with Crippen molar-refractivity contribution >= 4 is 17.5 Å². The molecule has 0 spiro atoms. The minimum atomic E-state index is -0.178. The summed E-state index contributed by atoms with van der Waals surface area (Å²) in [6, 6.07) is 6.80. The van der Waals surface area contributed by atoms with Gasteiger partial charge in [0, 0.05) is 24.3 Å². The Morgan fingerprint density at radius 1 is 1.21 bits per heavy atom. The lowest BCUT2D eigenvalue weighted by Gasteiger charge is -2.12. The van der Waals surface area contributed by atoms with Gasteiger partial charge in [0.2, 0.25) is 5.91 Å². The molecule has 0 aromatic heterocycles. The molecule has 0 fully saturated rings. The molecular formula is C14H21N3O2. The van der Waals surface area contributed by atoms with Crippen molar-refractivity contribution in [3.63, 3.8) is 0 Å². The summed E-state index contributed by atoms with van der Waals surface area (Å²) in [5.74, 6) is -0.382. The van der Waals surface area contributed by atoms with Gasteiger partial charge >= 0.3 is 0 Å². The van der Waals surface area contributed by atoms with E-state index < -0.39 is 0 Å². The van der Waals surface area contributed by atoms with Crippen molar-refractivity contribution in [1.29, 1.82) is 0 Å². The molecule has 0 heterocycles. The lowest BCUT2D eigenvalue weighted by molar-refractivity contribution is -0.119. The maximum absolute atomic E-state index is 11.8. The van der Waals surface area contributed by atoms with Crippen LogP contribution >= 0.6 is 0 Å². The Balaban J connectivity index is 2.66. The van der Waals surface area contributed by atoms with E-state index >= 15 is 0 Å². The summed E-state index contributed by atoms with van der Waals surface area (Å²) in [5, 5.41) is 5.51. The van der Waals surface area contributed by atoms with E-state index in [4.69, 9.17) is 5.73 Å². The fourth-order valence-corrected chi connectivity index (χ4v) is 1.67. The minimum absolute atomic E-state index is 0.0873. The quantitative estimate of drug-likeness (QED) is 0.724. The second kappa shape index (κ2) is 7.53. The smallest absolute Gasteiger partial charge is 0.251 e. The largest absolute Gasteiger partial charge is 0.352 e. The van der Waals surface area contributed by atoms with Crippen molar-refractivity contribution in [2.75, 3.05) is 18.4 Å². The van der Waals surface area contributed by atoms with Crippen LogP contribution in [0.15, 0.2) is 24.3 Å². The van der Waals surface area contributed by atoms with Gasteiger partial charge in [-0.2, -0.15) is 0 Å². The van der Waals surface area contributed by atoms with Gasteiger partial charge in [-0.15, -0.1) is 0 Å². The Hall–Kier alpha value is -1.88. The molecule has 1 aromatic carbocycles. The predicted octanol–water partition coefficient (Wildman–Crippen LogP) is 1.36. The molecular weight excluding hydrogens is 242 g/mol. The van der Waals surface area contributed by atoms with Crippen molar-refractivity contribution in [1.82, 2.24) is 5.32 Å². The summed E-state index contributed by atoms with van der Waals surface area (Å²) >= 11 is 0. The van der Waals surface area contributed by atoms with E-state index in [0.29, 0.717) is 30.8 Å². The van der Waals surface area contributed by atoms with Crippen LogP contribution in [0.25, 0.3) is 0 Å². The number of amides is 2. The average molecular weight is 263 g/mol. The van der Waals surface area contributed by atoms with E-state index in [0.717, 1.165) is 0 Å². The van der Waals surface area contributed by atoms with Crippen LogP contribution in [-0.2, 0) is 4.79 Å². The Kier molecular flexibility index (Phi) is 6.02. The van der Waals surface area contributed by atoms with Gasteiger partial charge in [0.1, 0.15) is 0 Å². The van der Waals surface area contributed by atoms with Gasteiger partial charge in [-0.25, -0.2) is 0 Å². The van der Waals surface area contributed by atoms with Crippen molar-refractivity contribution in [2.45, 2.75) is 20.3 Å². The Morgan fingerprint density at radius 2 is 1.84 bits per heavy atom. The molecule has 2 amide bonds. The summed E-state index contributed by atoms with van der Waals surface area (Å²) in [6.45, 7) is 4.71. The summed E-state index contributed by atoms with van der Waals surface area (Å²) in [6.07, 6.45) is 0.708. The first-order valence-corrected chi connectivity index (χ1v) is 6.51. The van der Waals surface area contributed by atoms with Gasteiger partial charge in [-0.1, -0.05) is 6.92 Å². The van der Waals surface area contributed by atoms with Gasteiger partial charge in [-0.05, 0) is 37.6 Å². The third kappa shape index (κ3) is 4.37. The number of anilines is 1. The molecule has 5 heteroatoms. The van der Waals surface area contributed by atoms with E-state index in [1.54, 1.807) is 24.3 Å². The number of hydrogen-bond donors (Lipinski definition) is 3. The highest BCUT2D eigenvalue weighted by molar-refractivity contribution is 5.96. The number of nitrogens with one attached hydrogen (secondary N) is 2. The molecule has 5 nitrogen and oxygen atoms in total. The van der Waals surface area contributed by atoms with E-state index in [-0.39, 0.29) is 17.7 Å². The molecule has 0 aliphatic rings. The molecule has 104 valence electrons. The first-order chi connectivity index (χ1) is 9.12. The molecule has 1 unspecified atom stereocenters. The lowest BCUT2D eigenvalue weighted by Crippen LogP contribution is -2.28. The number of hydrogen-bond acceptors (Lipinski definition) is 3. The fourth-order valence-electron chi connectivity index (χ4n) is 1.67. The zero-order valence-electron chi connectivity index (χ0n) is 11.4. The van der Waals surface area contributed by atoms with E-state index in [2.05, 4.69) is 10.6 Å². The fraction of sp³-hybridized carbons (Fsp3) is 0.429. The topological polar surface area (TPSA) is 84.2 Å². The van der Waals surface area contributed by atoms with Crippen LogP contribution in [-0.4, -0.2) is 24.9 Å². The van der Waals surface area contributed by atoms with Crippen LogP contribution in [0.2, 0.25) is 0 Å². The second-order valence-electron chi connectivity index (χ2n) is 4.27.